The number of hydrogen-bond acceptors (Lipinski definition) is 3. The van der Waals surface area contributed by atoms with Gasteiger partial charge in [-0.25, -0.2) is 9.78 Å². The lowest BCUT2D eigenvalue weighted by atomic mass is 10.2. The first-order valence-electron chi connectivity index (χ1n) is 8.49. The summed E-state index contributed by atoms with van der Waals surface area (Å²) >= 11 is 0. The van der Waals surface area contributed by atoms with Gasteiger partial charge < -0.3 is 4.57 Å². The number of hydrogen-bond donors (Lipinski definition) is 0. The Labute approximate surface area is 143 Å². The van der Waals surface area contributed by atoms with Gasteiger partial charge in [0.2, 0.25) is 0 Å². The number of likely N-dealkylation sites (tertiary alicyclic amines) is 1. The van der Waals surface area contributed by atoms with Crippen molar-refractivity contribution in [2.24, 2.45) is 7.05 Å². The fourth-order valence-corrected chi connectivity index (χ4v) is 3.27. The molecule has 1 aromatic rings. The van der Waals surface area contributed by atoms with Crippen molar-refractivity contribution in [3.8, 4) is 11.8 Å². The molecule has 3 rings (SSSR count). The van der Waals surface area contributed by atoms with Gasteiger partial charge in [0.25, 0.3) is 0 Å². The smallest absolute Gasteiger partial charge is 0.317 e. The minimum absolute atomic E-state index is 0.130. The van der Waals surface area contributed by atoms with Crippen molar-refractivity contribution in [3.63, 3.8) is 0 Å². The van der Waals surface area contributed by atoms with Crippen LogP contribution < -0.4 is 4.90 Å². The van der Waals surface area contributed by atoms with Gasteiger partial charge in [-0.05, 0) is 31.9 Å². The molecule has 1 aromatic heterocycles. The van der Waals surface area contributed by atoms with Gasteiger partial charge in [0.1, 0.15) is 5.69 Å². The van der Waals surface area contributed by atoms with E-state index < -0.39 is 0 Å². The van der Waals surface area contributed by atoms with E-state index in [0.29, 0.717) is 17.3 Å². The zero-order chi connectivity index (χ0) is 17.3. The Kier molecular flexibility index (Phi) is 4.63. The number of amides is 2. The molecule has 24 heavy (non-hydrogen) atoms. The molecule has 0 aromatic carbocycles. The number of imidazole rings is 1. The number of rotatable bonds is 1. The number of aromatic nitrogens is 2. The summed E-state index contributed by atoms with van der Waals surface area (Å²) in [4.78, 5) is 22.2. The summed E-state index contributed by atoms with van der Waals surface area (Å²) in [5.74, 6) is 7.72. The van der Waals surface area contributed by atoms with E-state index in [1.54, 1.807) is 23.9 Å². The van der Waals surface area contributed by atoms with E-state index in [1.165, 1.54) is 25.7 Å². The summed E-state index contributed by atoms with van der Waals surface area (Å²) < 4.78 is 1.92. The highest BCUT2D eigenvalue weighted by atomic mass is 16.2. The second kappa shape index (κ2) is 6.70. The maximum atomic E-state index is 12.2. The van der Waals surface area contributed by atoms with Crippen LogP contribution in [-0.4, -0.2) is 59.1 Å². The number of carbonyl (C=O) groups excluding carboxylic acids is 1. The molecule has 3 heterocycles. The molecule has 1 fully saturated rings. The number of fused-ring (bicyclic) bond motifs is 1. The van der Waals surface area contributed by atoms with Crippen molar-refractivity contribution in [2.45, 2.75) is 25.7 Å². The fourth-order valence-electron chi connectivity index (χ4n) is 3.27. The fraction of sp³-hybridized carbons (Fsp3) is 0.556. The summed E-state index contributed by atoms with van der Waals surface area (Å²) in [5.41, 5.74) is 1.50. The summed E-state index contributed by atoms with van der Waals surface area (Å²) in [6.45, 7) is 7.05. The maximum Gasteiger partial charge on any atom is 0.329 e. The topological polar surface area (TPSA) is 44.6 Å². The molecule has 6 heteroatoms. The largest absolute Gasteiger partial charge is 0.329 e. The Morgan fingerprint density at radius 1 is 1.08 bits per heavy atom. The van der Waals surface area contributed by atoms with Gasteiger partial charge >= 0.3 is 6.03 Å². The quantitative estimate of drug-likeness (QED) is 0.742. The SMILES string of the molecule is C=C1c2c(nc(C#CCN3CCCCCC3)n2C)N(C)C(=O)N1C. The number of anilines is 1. The van der Waals surface area contributed by atoms with Gasteiger partial charge in [0, 0.05) is 21.1 Å². The van der Waals surface area contributed by atoms with Crippen LogP contribution in [0.2, 0.25) is 0 Å². The molecule has 1 saturated heterocycles. The minimum Gasteiger partial charge on any atom is -0.317 e. The zero-order valence-corrected chi connectivity index (χ0v) is 14.8. The van der Waals surface area contributed by atoms with E-state index >= 15 is 0 Å². The Hall–Kier alpha value is -2.26. The molecule has 0 aliphatic carbocycles. The third-order valence-corrected chi connectivity index (χ3v) is 4.85. The van der Waals surface area contributed by atoms with Gasteiger partial charge in [0.05, 0.1) is 12.2 Å². The van der Waals surface area contributed by atoms with Crippen molar-refractivity contribution in [3.05, 3.63) is 18.1 Å². The molecular formula is C18H25N5O. The van der Waals surface area contributed by atoms with Crippen molar-refractivity contribution in [2.75, 3.05) is 38.6 Å². The van der Waals surface area contributed by atoms with Gasteiger partial charge in [-0.2, -0.15) is 0 Å². The van der Waals surface area contributed by atoms with Crippen LogP contribution in [0, 0.1) is 11.8 Å². The van der Waals surface area contributed by atoms with Crippen LogP contribution in [0.3, 0.4) is 0 Å². The molecule has 2 aliphatic heterocycles. The molecule has 0 bridgehead atoms. The molecule has 0 saturated carbocycles. The number of nitrogens with zero attached hydrogens (tertiary/aromatic N) is 5. The van der Waals surface area contributed by atoms with Crippen LogP contribution in [0.5, 0.6) is 0 Å². The first-order valence-corrected chi connectivity index (χ1v) is 8.49. The maximum absolute atomic E-state index is 12.2. The van der Waals surface area contributed by atoms with E-state index in [0.717, 1.165) is 25.3 Å². The van der Waals surface area contributed by atoms with Crippen molar-refractivity contribution in [1.82, 2.24) is 19.4 Å². The summed E-state index contributed by atoms with van der Waals surface area (Å²) in [6, 6.07) is -0.130. The molecule has 0 atom stereocenters. The third-order valence-electron chi connectivity index (χ3n) is 4.85. The van der Waals surface area contributed by atoms with Crippen LogP contribution in [0.15, 0.2) is 6.58 Å². The Bertz CT molecular complexity index is 716. The van der Waals surface area contributed by atoms with Crippen molar-refractivity contribution in [1.29, 1.82) is 0 Å². The summed E-state index contributed by atoms with van der Waals surface area (Å²) in [6.07, 6.45) is 5.17. The van der Waals surface area contributed by atoms with Gasteiger partial charge in [-0.3, -0.25) is 14.7 Å². The molecule has 128 valence electrons. The first kappa shape index (κ1) is 16.6. The summed E-state index contributed by atoms with van der Waals surface area (Å²) in [5, 5.41) is 0. The molecule has 0 radical (unpaired) electrons. The number of urea groups is 1. The average molecular weight is 327 g/mol. The summed E-state index contributed by atoms with van der Waals surface area (Å²) in [7, 11) is 5.37. The average Bonchev–Trinajstić information content (AvgIpc) is 2.76. The second-order valence-electron chi connectivity index (χ2n) is 6.51. The number of carbonyl (C=O) groups is 1. The van der Waals surface area contributed by atoms with Crippen LogP contribution >= 0.6 is 0 Å². The lowest BCUT2D eigenvalue weighted by Crippen LogP contribution is -2.42. The minimum atomic E-state index is -0.130. The highest BCUT2D eigenvalue weighted by Gasteiger charge is 2.33. The molecule has 0 N–H and O–H groups in total. The standard InChI is InChI=1S/C18H25N5O/c1-14-16-17(22(4)18(24)20(14)2)19-15(21(16)3)10-9-13-23-11-7-5-6-8-12-23/h1,5-8,11-13H2,2-4H3. The second-order valence-corrected chi connectivity index (χ2v) is 6.51. The van der Waals surface area contributed by atoms with E-state index in [9.17, 15) is 4.79 Å². The van der Waals surface area contributed by atoms with Crippen LogP contribution in [0.1, 0.15) is 37.2 Å². The predicted molar refractivity (Wildman–Crippen MR) is 95.6 cm³/mol. The predicted octanol–water partition coefficient (Wildman–Crippen LogP) is 2.12. The van der Waals surface area contributed by atoms with Gasteiger partial charge in [-0.15, -0.1) is 0 Å². The zero-order valence-electron chi connectivity index (χ0n) is 14.8. The van der Waals surface area contributed by atoms with Gasteiger partial charge in [0.15, 0.2) is 11.6 Å². The first-order chi connectivity index (χ1) is 11.5. The molecule has 2 amide bonds. The van der Waals surface area contributed by atoms with E-state index in [4.69, 9.17) is 0 Å². The molecular weight excluding hydrogens is 302 g/mol. The highest BCUT2D eigenvalue weighted by molar-refractivity contribution is 6.02. The lowest BCUT2D eigenvalue weighted by Gasteiger charge is -2.31. The van der Waals surface area contributed by atoms with E-state index in [2.05, 4.69) is 28.3 Å². The van der Waals surface area contributed by atoms with Crippen molar-refractivity contribution >= 4 is 17.5 Å². The molecule has 0 spiro atoms. The normalized spacial score (nSPS) is 19.0. The molecule has 0 unspecified atom stereocenters. The highest BCUT2D eigenvalue weighted by Crippen LogP contribution is 2.32. The van der Waals surface area contributed by atoms with Crippen LogP contribution in [0.25, 0.3) is 5.70 Å². The van der Waals surface area contributed by atoms with Crippen LogP contribution in [-0.2, 0) is 7.05 Å². The monoisotopic (exact) mass is 327 g/mol. The van der Waals surface area contributed by atoms with E-state index in [-0.39, 0.29) is 6.03 Å². The molecule has 6 nitrogen and oxygen atoms in total. The Balaban J connectivity index is 1.81. The van der Waals surface area contributed by atoms with Gasteiger partial charge in [-0.1, -0.05) is 25.3 Å². The van der Waals surface area contributed by atoms with Crippen LogP contribution in [0.4, 0.5) is 10.6 Å². The lowest BCUT2D eigenvalue weighted by molar-refractivity contribution is 0.230. The third kappa shape index (κ3) is 2.92. The van der Waals surface area contributed by atoms with Crippen molar-refractivity contribution < 1.29 is 4.79 Å². The Morgan fingerprint density at radius 3 is 2.42 bits per heavy atom. The van der Waals surface area contributed by atoms with E-state index in [1.807, 2.05) is 11.6 Å². The molecule has 2 aliphatic rings. The Morgan fingerprint density at radius 2 is 1.75 bits per heavy atom.